The Kier molecular flexibility index (Phi) is 4.07. The number of hydrogen-bond acceptors (Lipinski definition) is 2. The maximum atomic E-state index is 5.35. The molecule has 76 valence electrons. The Morgan fingerprint density at radius 2 is 1.93 bits per heavy atom. The molecule has 0 aliphatic rings. The van der Waals surface area contributed by atoms with Gasteiger partial charge in [-0.2, -0.15) is 0 Å². The van der Waals surface area contributed by atoms with Crippen LogP contribution < -0.4 is 5.19 Å². The van der Waals surface area contributed by atoms with Crippen molar-refractivity contribution in [1.82, 2.24) is 0 Å². The topological polar surface area (TPSA) is 18.5 Å². The fourth-order valence-corrected chi connectivity index (χ4v) is 3.02. The molecule has 3 heteroatoms. The van der Waals surface area contributed by atoms with E-state index in [1.54, 1.807) is 14.2 Å². The third-order valence-corrected chi connectivity index (χ3v) is 4.01. The van der Waals surface area contributed by atoms with Crippen LogP contribution in [0, 0.1) is 6.92 Å². The third kappa shape index (κ3) is 2.32. The lowest BCUT2D eigenvalue weighted by atomic mass is 10.1. The van der Waals surface area contributed by atoms with E-state index in [0.717, 1.165) is 10.8 Å². The van der Waals surface area contributed by atoms with Crippen LogP contribution in [0.3, 0.4) is 0 Å². The Morgan fingerprint density at radius 1 is 1.29 bits per heavy atom. The van der Waals surface area contributed by atoms with Crippen molar-refractivity contribution in [3.05, 3.63) is 35.9 Å². The van der Waals surface area contributed by atoms with Gasteiger partial charge in [-0.25, -0.2) is 0 Å². The molecule has 0 N–H and O–H groups in total. The molecule has 0 heterocycles. The van der Waals surface area contributed by atoms with Crippen LogP contribution in [0.5, 0.6) is 0 Å². The molecule has 0 spiro atoms. The number of rotatable bonds is 4. The molecule has 1 aromatic carbocycles. The minimum Gasteiger partial charge on any atom is -0.397 e. The van der Waals surface area contributed by atoms with Crippen LogP contribution in [0.25, 0.3) is 6.08 Å². The first kappa shape index (κ1) is 11.2. The van der Waals surface area contributed by atoms with Gasteiger partial charge in [-0.15, -0.1) is 0 Å². The van der Waals surface area contributed by atoms with Crippen LogP contribution in [0.15, 0.2) is 24.8 Å². The first-order valence-electron chi connectivity index (χ1n) is 4.51. The smallest absolute Gasteiger partial charge is 0.355 e. The van der Waals surface area contributed by atoms with Crippen LogP contribution in [0.4, 0.5) is 0 Å². The Labute approximate surface area is 87.0 Å². The van der Waals surface area contributed by atoms with Crippen LogP contribution >= 0.6 is 0 Å². The monoisotopic (exact) mass is 208 g/mol. The third-order valence-electron chi connectivity index (χ3n) is 2.14. The summed E-state index contributed by atoms with van der Waals surface area (Å²) in [6, 6.07) is 6.23. The van der Waals surface area contributed by atoms with E-state index >= 15 is 0 Å². The molecule has 0 aromatic heterocycles. The molecule has 0 radical (unpaired) electrons. The second kappa shape index (κ2) is 5.10. The fourth-order valence-electron chi connectivity index (χ4n) is 1.43. The zero-order valence-electron chi connectivity index (χ0n) is 8.91. The lowest BCUT2D eigenvalue weighted by molar-refractivity contribution is 0.292. The first-order chi connectivity index (χ1) is 6.72. The summed E-state index contributed by atoms with van der Waals surface area (Å²) in [5, 5.41) is 1.16. The summed E-state index contributed by atoms with van der Waals surface area (Å²) in [4.78, 5) is 0. The van der Waals surface area contributed by atoms with Crippen molar-refractivity contribution >= 4 is 20.5 Å². The molecule has 2 nitrogen and oxygen atoms in total. The van der Waals surface area contributed by atoms with Gasteiger partial charge in [0, 0.05) is 14.2 Å². The summed E-state index contributed by atoms with van der Waals surface area (Å²) < 4.78 is 10.7. The minimum absolute atomic E-state index is 1.11. The highest BCUT2D eigenvalue weighted by atomic mass is 28.3. The summed E-state index contributed by atoms with van der Waals surface area (Å²) in [6.07, 6.45) is 1.84. The second-order valence-corrected chi connectivity index (χ2v) is 5.37. The Balaban J connectivity index is 3.14. The predicted octanol–water partition coefficient (Wildman–Crippen LogP) is 1.36. The zero-order valence-corrected chi connectivity index (χ0v) is 10.1. The van der Waals surface area contributed by atoms with Gasteiger partial charge in [-0.1, -0.05) is 36.4 Å². The highest BCUT2D eigenvalue weighted by Crippen LogP contribution is 2.04. The maximum absolute atomic E-state index is 5.35. The molecular formula is C11H16O2Si. The van der Waals surface area contributed by atoms with Gasteiger partial charge >= 0.3 is 9.28 Å². The van der Waals surface area contributed by atoms with Gasteiger partial charge in [-0.05, 0) is 17.7 Å². The van der Waals surface area contributed by atoms with Crippen molar-refractivity contribution in [3.63, 3.8) is 0 Å². The van der Waals surface area contributed by atoms with Crippen molar-refractivity contribution < 1.29 is 8.85 Å². The summed E-state index contributed by atoms with van der Waals surface area (Å²) >= 11 is 0. The Bertz CT molecular complexity index is 319. The largest absolute Gasteiger partial charge is 0.397 e. The van der Waals surface area contributed by atoms with Gasteiger partial charge in [0.1, 0.15) is 0 Å². The van der Waals surface area contributed by atoms with E-state index in [1.807, 2.05) is 6.08 Å². The summed E-state index contributed by atoms with van der Waals surface area (Å²) in [5.41, 5.74) is 2.33. The normalized spacial score (nSPS) is 10.6. The van der Waals surface area contributed by atoms with Crippen molar-refractivity contribution in [3.8, 4) is 0 Å². The average Bonchev–Trinajstić information content (AvgIpc) is 2.20. The SMILES string of the molecule is C=Cc1ccc(C)cc1[SiH](OC)OC. The molecule has 0 bridgehead atoms. The van der Waals surface area contributed by atoms with E-state index in [4.69, 9.17) is 8.85 Å². The molecule has 0 saturated carbocycles. The molecule has 14 heavy (non-hydrogen) atoms. The standard InChI is InChI=1S/C11H16O2Si/c1-5-10-7-6-9(2)8-11(10)14(12-3)13-4/h5-8,14H,1H2,2-4H3. The molecule has 0 atom stereocenters. The van der Waals surface area contributed by atoms with E-state index in [-0.39, 0.29) is 0 Å². The molecule has 1 rings (SSSR count). The van der Waals surface area contributed by atoms with Crippen molar-refractivity contribution in [2.24, 2.45) is 0 Å². The van der Waals surface area contributed by atoms with E-state index in [2.05, 4.69) is 31.7 Å². The second-order valence-electron chi connectivity index (χ2n) is 3.14. The van der Waals surface area contributed by atoms with Gasteiger partial charge in [0.05, 0.1) is 0 Å². The zero-order chi connectivity index (χ0) is 10.6. The average molecular weight is 208 g/mol. The first-order valence-corrected chi connectivity index (χ1v) is 6.03. The molecule has 0 aliphatic heterocycles. The highest BCUT2D eigenvalue weighted by Gasteiger charge is 2.16. The maximum Gasteiger partial charge on any atom is 0.355 e. The van der Waals surface area contributed by atoms with Crippen molar-refractivity contribution in [2.45, 2.75) is 6.92 Å². The molecule has 0 saturated heterocycles. The molecule has 0 unspecified atom stereocenters. The van der Waals surface area contributed by atoms with Crippen molar-refractivity contribution in [1.29, 1.82) is 0 Å². The number of hydrogen-bond donors (Lipinski definition) is 0. The van der Waals surface area contributed by atoms with E-state index < -0.39 is 9.28 Å². The fraction of sp³-hybridized carbons (Fsp3) is 0.273. The van der Waals surface area contributed by atoms with Gasteiger partial charge in [-0.3, -0.25) is 0 Å². The summed E-state index contributed by atoms with van der Waals surface area (Å²) in [6.45, 7) is 5.85. The summed E-state index contributed by atoms with van der Waals surface area (Å²) in [7, 11) is 1.67. The molecule has 0 fully saturated rings. The lowest BCUT2D eigenvalue weighted by Gasteiger charge is -2.14. The van der Waals surface area contributed by atoms with Crippen LogP contribution in [0.1, 0.15) is 11.1 Å². The predicted molar refractivity (Wildman–Crippen MR) is 62.1 cm³/mol. The number of aryl methyl sites for hydroxylation is 1. The minimum atomic E-state index is -1.71. The quantitative estimate of drug-likeness (QED) is 0.696. The van der Waals surface area contributed by atoms with Gasteiger partial charge in [0.2, 0.25) is 0 Å². The van der Waals surface area contributed by atoms with Gasteiger partial charge in [0.25, 0.3) is 0 Å². The van der Waals surface area contributed by atoms with E-state index in [1.165, 1.54) is 5.56 Å². The number of benzene rings is 1. The Hall–Kier alpha value is -0.903. The molecule has 0 amide bonds. The highest BCUT2D eigenvalue weighted by molar-refractivity contribution is 6.62. The van der Waals surface area contributed by atoms with Gasteiger partial charge in [0.15, 0.2) is 0 Å². The van der Waals surface area contributed by atoms with Crippen LogP contribution in [-0.2, 0) is 8.85 Å². The summed E-state index contributed by atoms with van der Waals surface area (Å²) in [5.74, 6) is 0. The molecule has 0 aliphatic carbocycles. The lowest BCUT2D eigenvalue weighted by Crippen LogP contribution is -2.36. The molecule has 1 aromatic rings. The Morgan fingerprint density at radius 3 is 2.43 bits per heavy atom. The van der Waals surface area contributed by atoms with E-state index in [9.17, 15) is 0 Å². The van der Waals surface area contributed by atoms with Crippen LogP contribution in [0.2, 0.25) is 0 Å². The van der Waals surface area contributed by atoms with E-state index in [0.29, 0.717) is 0 Å². The van der Waals surface area contributed by atoms with Gasteiger partial charge < -0.3 is 8.85 Å². The molecular weight excluding hydrogens is 192 g/mol. The van der Waals surface area contributed by atoms with Crippen LogP contribution in [-0.4, -0.2) is 23.5 Å². The van der Waals surface area contributed by atoms with Crippen molar-refractivity contribution in [2.75, 3.05) is 14.2 Å².